The summed E-state index contributed by atoms with van der Waals surface area (Å²) in [7, 11) is 1.35. The van der Waals surface area contributed by atoms with E-state index in [2.05, 4.69) is 20.4 Å². The summed E-state index contributed by atoms with van der Waals surface area (Å²) in [6.45, 7) is 0.646. The summed E-state index contributed by atoms with van der Waals surface area (Å²) in [5.41, 5.74) is 2.84. The van der Waals surface area contributed by atoms with Gasteiger partial charge >= 0.3 is 5.97 Å². The van der Waals surface area contributed by atoms with Gasteiger partial charge in [0.2, 0.25) is 5.91 Å². The second-order valence-corrected chi connectivity index (χ2v) is 7.41. The SMILES string of the molecule is COC(=O)CCCCC(=O)NCc1cc(C(=O)NCc2ccccc2)c2ccccc2n1. The van der Waals surface area contributed by atoms with Gasteiger partial charge in [0.1, 0.15) is 0 Å². The van der Waals surface area contributed by atoms with Crippen LogP contribution >= 0.6 is 0 Å². The predicted molar refractivity (Wildman–Crippen MR) is 122 cm³/mol. The number of hydrogen-bond donors (Lipinski definition) is 2. The van der Waals surface area contributed by atoms with Crippen molar-refractivity contribution in [2.45, 2.75) is 38.8 Å². The molecule has 0 atom stereocenters. The lowest BCUT2D eigenvalue weighted by atomic mass is 10.1. The molecule has 0 bridgehead atoms. The number of carbonyl (C=O) groups is 3. The fraction of sp³-hybridized carbons (Fsp3) is 0.280. The molecule has 166 valence electrons. The number of para-hydroxylation sites is 1. The smallest absolute Gasteiger partial charge is 0.305 e. The van der Waals surface area contributed by atoms with Crippen LogP contribution < -0.4 is 10.6 Å². The van der Waals surface area contributed by atoms with E-state index in [1.54, 1.807) is 6.07 Å². The predicted octanol–water partition coefficient (Wildman–Crippen LogP) is 3.51. The molecule has 2 N–H and O–H groups in total. The highest BCUT2D eigenvalue weighted by Crippen LogP contribution is 2.19. The zero-order chi connectivity index (χ0) is 22.8. The summed E-state index contributed by atoms with van der Waals surface area (Å²) in [5.74, 6) is -0.591. The van der Waals surface area contributed by atoms with Gasteiger partial charge in [-0.25, -0.2) is 0 Å². The molecule has 7 heteroatoms. The van der Waals surface area contributed by atoms with Gasteiger partial charge < -0.3 is 15.4 Å². The number of hydrogen-bond acceptors (Lipinski definition) is 5. The van der Waals surface area contributed by atoms with Crippen LogP contribution in [0, 0.1) is 0 Å². The Labute approximate surface area is 187 Å². The molecule has 0 saturated heterocycles. The van der Waals surface area contributed by atoms with E-state index in [4.69, 9.17) is 0 Å². The number of pyridine rings is 1. The minimum atomic E-state index is -0.274. The number of carbonyl (C=O) groups excluding carboxylic acids is 3. The van der Waals surface area contributed by atoms with Crippen LogP contribution in [-0.4, -0.2) is 29.9 Å². The zero-order valence-electron chi connectivity index (χ0n) is 18.1. The molecule has 0 aliphatic heterocycles. The van der Waals surface area contributed by atoms with Crippen molar-refractivity contribution in [2.75, 3.05) is 7.11 Å². The average molecular weight is 434 g/mol. The van der Waals surface area contributed by atoms with Crippen molar-refractivity contribution in [2.24, 2.45) is 0 Å². The number of esters is 1. The summed E-state index contributed by atoms with van der Waals surface area (Å²) >= 11 is 0. The van der Waals surface area contributed by atoms with E-state index in [0.717, 1.165) is 10.9 Å². The molecule has 3 rings (SSSR count). The highest BCUT2D eigenvalue weighted by Gasteiger charge is 2.13. The summed E-state index contributed by atoms with van der Waals surface area (Å²) in [6.07, 6.45) is 1.81. The molecular weight excluding hydrogens is 406 g/mol. The van der Waals surface area contributed by atoms with E-state index < -0.39 is 0 Å². The molecule has 0 saturated carbocycles. The lowest BCUT2D eigenvalue weighted by Gasteiger charge is -2.11. The number of nitrogens with zero attached hydrogens (tertiary/aromatic N) is 1. The highest BCUT2D eigenvalue weighted by molar-refractivity contribution is 6.06. The Bertz CT molecular complexity index is 1080. The molecule has 2 amide bonds. The summed E-state index contributed by atoms with van der Waals surface area (Å²) < 4.78 is 4.59. The van der Waals surface area contributed by atoms with E-state index in [1.807, 2.05) is 54.6 Å². The molecule has 32 heavy (non-hydrogen) atoms. The molecule has 1 aromatic heterocycles. The Morgan fingerprint density at radius 2 is 1.59 bits per heavy atom. The van der Waals surface area contributed by atoms with E-state index in [0.29, 0.717) is 49.0 Å². The normalized spacial score (nSPS) is 10.5. The topological polar surface area (TPSA) is 97.4 Å². The molecule has 7 nitrogen and oxygen atoms in total. The van der Waals surface area contributed by atoms with Crippen molar-refractivity contribution < 1.29 is 19.1 Å². The van der Waals surface area contributed by atoms with Crippen LogP contribution in [-0.2, 0) is 27.4 Å². The number of nitrogens with one attached hydrogen (secondary N) is 2. The first-order valence-electron chi connectivity index (χ1n) is 10.6. The van der Waals surface area contributed by atoms with Crippen molar-refractivity contribution in [1.82, 2.24) is 15.6 Å². The second kappa shape index (κ2) is 11.6. The van der Waals surface area contributed by atoms with Crippen molar-refractivity contribution in [3.8, 4) is 0 Å². The van der Waals surface area contributed by atoms with Crippen LogP contribution in [0.25, 0.3) is 10.9 Å². The van der Waals surface area contributed by atoms with Gasteiger partial charge in [0.05, 0.1) is 30.4 Å². The van der Waals surface area contributed by atoms with Gasteiger partial charge in [-0.3, -0.25) is 19.4 Å². The van der Waals surface area contributed by atoms with Crippen molar-refractivity contribution in [1.29, 1.82) is 0 Å². The Kier molecular flexibility index (Phi) is 8.31. The van der Waals surface area contributed by atoms with Gasteiger partial charge in [-0.15, -0.1) is 0 Å². The van der Waals surface area contributed by atoms with E-state index >= 15 is 0 Å². The Hall–Kier alpha value is -3.74. The van der Waals surface area contributed by atoms with Crippen molar-refractivity contribution >= 4 is 28.7 Å². The maximum absolute atomic E-state index is 12.9. The number of ether oxygens (including phenoxy) is 1. The summed E-state index contributed by atoms with van der Waals surface area (Å²) in [6, 6.07) is 18.9. The first-order valence-corrected chi connectivity index (χ1v) is 10.6. The minimum absolute atomic E-state index is 0.125. The monoisotopic (exact) mass is 433 g/mol. The molecule has 1 heterocycles. The fourth-order valence-corrected chi connectivity index (χ4v) is 3.32. The molecule has 3 aromatic rings. The zero-order valence-corrected chi connectivity index (χ0v) is 18.1. The Balaban J connectivity index is 1.63. The number of rotatable bonds is 10. The van der Waals surface area contributed by atoms with Crippen LogP contribution in [0.4, 0.5) is 0 Å². The van der Waals surface area contributed by atoms with Gasteiger partial charge in [-0.05, 0) is 30.5 Å². The fourth-order valence-electron chi connectivity index (χ4n) is 3.32. The third-order valence-electron chi connectivity index (χ3n) is 5.04. The number of methoxy groups -OCH3 is 1. The third kappa shape index (κ3) is 6.63. The second-order valence-electron chi connectivity index (χ2n) is 7.41. The quantitative estimate of drug-likeness (QED) is 0.377. The van der Waals surface area contributed by atoms with Gasteiger partial charge in [0.25, 0.3) is 5.91 Å². The summed E-state index contributed by atoms with van der Waals surface area (Å²) in [4.78, 5) is 40.8. The third-order valence-corrected chi connectivity index (χ3v) is 5.04. The molecule has 0 unspecified atom stereocenters. The molecule has 2 aromatic carbocycles. The van der Waals surface area contributed by atoms with Crippen molar-refractivity contribution in [3.05, 3.63) is 77.5 Å². The van der Waals surface area contributed by atoms with Crippen LogP contribution in [0.1, 0.15) is 47.3 Å². The maximum atomic E-state index is 12.9. The van der Waals surface area contributed by atoms with Gasteiger partial charge in [-0.1, -0.05) is 48.5 Å². The molecular formula is C25H27N3O4. The lowest BCUT2D eigenvalue weighted by Crippen LogP contribution is -2.25. The Morgan fingerprint density at radius 3 is 2.38 bits per heavy atom. The first-order chi connectivity index (χ1) is 15.6. The number of aromatic nitrogens is 1. The molecule has 0 radical (unpaired) electrons. The molecule has 0 aliphatic rings. The number of amides is 2. The van der Waals surface area contributed by atoms with E-state index in [1.165, 1.54) is 7.11 Å². The van der Waals surface area contributed by atoms with Crippen molar-refractivity contribution in [3.63, 3.8) is 0 Å². The number of unbranched alkanes of at least 4 members (excludes halogenated alkanes) is 1. The number of benzene rings is 2. The van der Waals surface area contributed by atoms with Gasteiger partial charge in [-0.2, -0.15) is 0 Å². The average Bonchev–Trinajstić information content (AvgIpc) is 2.83. The standard InChI is InChI=1S/C25H27N3O4/c1-32-24(30)14-8-7-13-23(29)26-17-19-15-21(20-11-5-6-12-22(20)28-19)25(31)27-16-18-9-3-2-4-10-18/h2-6,9-12,15H,7-8,13-14,16-17H2,1H3,(H,26,29)(H,27,31). The molecule has 0 spiro atoms. The molecule has 0 fully saturated rings. The maximum Gasteiger partial charge on any atom is 0.305 e. The van der Waals surface area contributed by atoms with Gasteiger partial charge in [0, 0.05) is 24.8 Å². The van der Waals surface area contributed by atoms with E-state index in [9.17, 15) is 14.4 Å². The van der Waals surface area contributed by atoms with Crippen LogP contribution in [0.15, 0.2) is 60.7 Å². The van der Waals surface area contributed by atoms with Crippen LogP contribution in [0.5, 0.6) is 0 Å². The van der Waals surface area contributed by atoms with Crippen LogP contribution in [0.2, 0.25) is 0 Å². The number of fused-ring (bicyclic) bond motifs is 1. The van der Waals surface area contributed by atoms with Crippen LogP contribution in [0.3, 0.4) is 0 Å². The lowest BCUT2D eigenvalue weighted by molar-refractivity contribution is -0.140. The first kappa shape index (κ1) is 22.9. The highest BCUT2D eigenvalue weighted by atomic mass is 16.5. The molecule has 0 aliphatic carbocycles. The largest absolute Gasteiger partial charge is 0.469 e. The minimum Gasteiger partial charge on any atom is -0.469 e. The summed E-state index contributed by atoms with van der Waals surface area (Å²) in [5, 5.41) is 6.56. The van der Waals surface area contributed by atoms with E-state index in [-0.39, 0.29) is 24.3 Å². The Morgan fingerprint density at radius 1 is 0.875 bits per heavy atom. The van der Waals surface area contributed by atoms with Gasteiger partial charge in [0.15, 0.2) is 0 Å².